The van der Waals surface area contributed by atoms with Gasteiger partial charge < -0.3 is 5.32 Å². The first-order valence-electron chi connectivity index (χ1n) is 5.01. The average molecular weight is 353 g/mol. The summed E-state index contributed by atoms with van der Waals surface area (Å²) < 4.78 is 0. The van der Waals surface area contributed by atoms with E-state index in [9.17, 15) is 0 Å². The van der Waals surface area contributed by atoms with E-state index in [-0.39, 0.29) is 20.4 Å². The summed E-state index contributed by atoms with van der Waals surface area (Å²) in [6.45, 7) is 9.23. The van der Waals surface area contributed by atoms with E-state index in [1.165, 1.54) is 19.4 Å². The van der Waals surface area contributed by atoms with Gasteiger partial charge >= 0.3 is 0 Å². The molecule has 13 heavy (non-hydrogen) atoms. The van der Waals surface area contributed by atoms with Crippen molar-refractivity contribution in [3.8, 4) is 0 Å². The smallest absolute Gasteiger partial charge is 0.0126 e. The van der Waals surface area contributed by atoms with Gasteiger partial charge in [-0.15, -0.1) is 12.6 Å². The summed E-state index contributed by atoms with van der Waals surface area (Å²) in [4.78, 5) is 2.63. The summed E-state index contributed by atoms with van der Waals surface area (Å²) in [7, 11) is 0. The third kappa shape index (κ3) is 2.33. The quantitative estimate of drug-likeness (QED) is 0.651. The van der Waals surface area contributed by atoms with Gasteiger partial charge in [-0.1, -0.05) is 6.42 Å². The number of piperidine rings is 2. The van der Waals surface area contributed by atoms with Gasteiger partial charge in [0.1, 0.15) is 0 Å². The van der Waals surface area contributed by atoms with Crippen molar-refractivity contribution >= 4 is 0 Å². The first-order valence-corrected chi connectivity index (χ1v) is 5.01. The normalized spacial score (nSPS) is 34.4. The minimum Gasteiger partial charge on any atom is -0.657 e. The van der Waals surface area contributed by atoms with Crippen LogP contribution in [0.3, 0.4) is 0 Å². The molecular weight excluding hydrogens is 334 g/mol. The van der Waals surface area contributed by atoms with Crippen LogP contribution >= 0.6 is 0 Å². The standard InChI is InChI=1S/C10H19N2.Re/c1-10(2,3)12-7-8-4-5-9(12)6-11-8;/h8-9H,4-7H2,1-3H3;/q-1;. The van der Waals surface area contributed by atoms with Gasteiger partial charge in [0.25, 0.3) is 0 Å². The Morgan fingerprint density at radius 3 is 2.15 bits per heavy atom. The van der Waals surface area contributed by atoms with Crippen molar-refractivity contribution in [2.75, 3.05) is 13.1 Å². The molecule has 0 amide bonds. The van der Waals surface area contributed by atoms with Crippen LogP contribution in [0.25, 0.3) is 5.32 Å². The van der Waals surface area contributed by atoms with Crippen LogP contribution in [-0.2, 0) is 20.4 Å². The summed E-state index contributed by atoms with van der Waals surface area (Å²) in [5.74, 6) is 0. The molecule has 0 spiro atoms. The van der Waals surface area contributed by atoms with E-state index in [0.29, 0.717) is 11.6 Å². The molecule has 3 heterocycles. The summed E-state index contributed by atoms with van der Waals surface area (Å²) in [6, 6.07) is 1.39. The average Bonchev–Trinajstić information content (AvgIpc) is 2.05. The van der Waals surface area contributed by atoms with Gasteiger partial charge in [-0.2, -0.15) is 0 Å². The van der Waals surface area contributed by atoms with Gasteiger partial charge in [0.2, 0.25) is 0 Å². The molecule has 2 nitrogen and oxygen atoms in total. The zero-order valence-corrected chi connectivity index (χ0v) is 11.5. The zero-order chi connectivity index (χ0) is 8.77. The van der Waals surface area contributed by atoms with E-state index >= 15 is 0 Å². The van der Waals surface area contributed by atoms with Gasteiger partial charge in [0.05, 0.1) is 0 Å². The van der Waals surface area contributed by atoms with E-state index in [4.69, 9.17) is 0 Å². The van der Waals surface area contributed by atoms with Crippen molar-refractivity contribution in [2.45, 2.75) is 51.2 Å². The SMILES string of the molecule is CC(C)(C)N1CC2CCC1C[N-]2.[Re]. The van der Waals surface area contributed by atoms with Crippen LogP contribution in [-0.4, -0.2) is 35.6 Å². The maximum atomic E-state index is 4.62. The molecule has 3 aliphatic heterocycles. The van der Waals surface area contributed by atoms with Crippen molar-refractivity contribution in [3.05, 3.63) is 5.32 Å². The third-order valence-electron chi connectivity index (χ3n) is 3.12. The number of nitrogens with zero attached hydrogens (tertiary/aromatic N) is 2. The van der Waals surface area contributed by atoms with E-state index in [1.54, 1.807) is 0 Å². The van der Waals surface area contributed by atoms with Gasteiger partial charge in [0, 0.05) is 26.0 Å². The third-order valence-corrected chi connectivity index (χ3v) is 3.12. The van der Waals surface area contributed by atoms with Crippen molar-refractivity contribution in [1.29, 1.82) is 0 Å². The van der Waals surface area contributed by atoms with Gasteiger partial charge in [0.15, 0.2) is 0 Å². The van der Waals surface area contributed by atoms with E-state index in [2.05, 4.69) is 31.0 Å². The number of fused-ring (bicyclic) bond motifs is 3. The summed E-state index contributed by atoms with van der Waals surface area (Å²) in [5.41, 5.74) is 0.347. The predicted octanol–water partition coefficient (Wildman–Crippen LogP) is 2.00. The van der Waals surface area contributed by atoms with Crippen LogP contribution in [0.5, 0.6) is 0 Å². The second-order valence-corrected chi connectivity index (χ2v) is 5.07. The molecule has 2 bridgehead atoms. The minimum absolute atomic E-state index is 0. The van der Waals surface area contributed by atoms with Crippen LogP contribution in [0.15, 0.2) is 0 Å². The fourth-order valence-corrected chi connectivity index (χ4v) is 2.44. The van der Waals surface area contributed by atoms with Crippen LogP contribution in [0.4, 0.5) is 0 Å². The number of hydrogen-bond donors (Lipinski definition) is 0. The van der Waals surface area contributed by atoms with Crippen LogP contribution < -0.4 is 0 Å². The Morgan fingerprint density at radius 1 is 1.23 bits per heavy atom. The molecule has 0 aromatic rings. The molecular formula is C10H19N2Re-. The monoisotopic (exact) mass is 354 g/mol. The Hall–Kier alpha value is 0.582. The maximum Gasteiger partial charge on any atom is 0.0126 e. The molecule has 2 atom stereocenters. The molecule has 0 N–H and O–H groups in total. The first-order chi connectivity index (χ1) is 5.57. The summed E-state index contributed by atoms with van der Waals surface area (Å²) in [6.07, 6.45) is 2.70. The molecule has 3 fully saturated rings. The minimum atomic E-state index is 0. The molecule has 77 valence electrons. The Labute approximate surface area is 95.1 Å². The molecule has 0 aromatic carbocycles. The Bertz CT molecular complexity index is 168. The summed E-state index contributed by atoms with van der Waals surface area (Å²) >= 11 is 0. The second kappa shape index (κ2) is 3.98. The van der Waals surface area contributed by atoms with Crippen molar-refractivity contribution in [2.24, 2.45) is 0 Å². The molecule has 3 rings (SSSR count). The van der Waals surface area contributed by atoms with Gasteiger partial charge in [-0.25, -0.2) is 0 Å². The molecule has 3 heteroatoms. The maximum absolute atomic E-state index is 4.62. The van der Waals surface area contributed by atoms with E-state index < -0.39 is 0 Å². The van der Waals surface area contributed by atoms with E-state index in [0.717, 1.165) is 12.6 Å². The summed E-state index contributed by atoms with van der Waals surface area (Å²) in [5, 5.41) is 4.62. The number of piperazine rings is 1. The molecule has 0 aliphatic carbocycles. The molecule has 2 unspecified atom stereocenters. The van der Waals surface area contributed by atoms with Gasteiger partial charge in [-0.05, 0) is 39.8 Å². The number of rotatable bonds is 0. The molecule has 3 saturated heterocycles. The van der Waals surface area contributed by atoms with Crippen LogP contribution in [0.1, 0.15) is 33.6 Å². The first kappa shape index (κ1) is 11.7. The second-order valence-electron chi connectivity index (χ2n) is 5.07. The van der Waals surface area contributed by atoms with Crippen LogP contribution in [0.2, 0.25) is 0 Å². The van der Waals surface area contributed by atoms with E-state index in [1.807, 2.05) is 0 Å². The Balaban J connectivity index is 0.000000845. The number of hydrogen-bond acceptors (Lipinski definition) is 1. The largest absolute Gasteiger partial charge is 0.657 e. The molecule has 1 radical (unpaired) electrons. The zero-order valence-electron chi connectivity index (χ0n) is 8.76. The van der Waals surface area contributed by atoms with Crippen molar-refractivity contribution in [1.82, 2.24) is 4.90 Å². The Kier molecular flexibility index (Phi) is 3.57. The topological polar surface area (TPSA) is 17.3 Å². The Morgan fingerprint density at radius 2 is 1.92 bits per heavy atom. The van der Waals surface area contributed by atoms with Crippen molar-refractivity contribution < 1.29 is 20.4 Å². The molecule has 0 aromatic heterocycles. The molecule has 3 aliphatic rings. The molecule has 0 saturated carbocycles. The fourth-order valence-electron chi connectivity index (χ4n) is 2.44. The van der Waals surface area contributed by atoms with Gasteiger partial charge in [-0.3, -0.25) is 4.90 Å². The van der Waals surface area contributed by atoms with Crippen molar-refractivity contribution in [3.63, 3.8) is 0 Å². The predicted molar refractivity (Wildman–Crippen MR) is 51.5 cm³/mol. The fraction of sp³-hybridized carbons (Fsp3) is 1.00. The van der Waals surface area contributed by atoms with Crippen LogP contribution in [0, 0.1) is 0 Å².